The molecular formula is C19H22B-. The average molecular weight is 261 g/mol. The van der Waals surface area contributed by atoms with Crippen molar-refractivity contribution in [3.05, 3.63) is 71.8 Å². The van der Waals surface area contributed by atoms with Crippen LogP contribution in [0.15, 0.2) is 60.7 Å². The van der Waals surface area contributed by atoms with Crippen molar-refractivity contribution in [3.8, 4) is 0 Å². The van der Waals surface area contributed by atoms with Crippen LogP contribution in [-0.2, 0) is 0 Å². The highest BCUT2D eigenvalue weighted by atomic mass is 14.2. The first kappa shape index (κ1) is 13.5. The van der Waals surface area contributed by atoms with Gasteiger partial charge in [0.15, 0.2) is 0 Å². The van der Waals surface area contributed by atoms with Gasteiger partial charge in [-0.05, 0) is 0 Å². The van der Waals surface area contributed by atoms with Crippen molar-refractivity contribution in [1.29, 1.82) is 0 Å². The topological polar surface area (TPSA) is 0 Å². The highest BCUT2D eigenvalue weighted by Gasteiger charge is 2.10. The Morgan fingerprint density at radius 1 is 0.700 bits per heavy atom. The third-order valence-corrected chi connectivity index (χ3v) is 4.43. The minimum atomic E-state index is 0.445. The van der Waals surface area contributed by atoms with Crippen LogP contribution in [0.3, 0.4) is 0 Å². The summed E-state index contributed by atoms with van der Waals surface area (Å²) in [5.74, 6) is 1.23. The van der Waals surface area contributed by atoms with Gasteiger partial charge in [-0.3, -0.25) is 0 Å². The van der Waals surface area contributed by atoms with E-state index in [1.54, 1.807) is 0 Å². The van der Waals surface area contributed by atoms with E-state index in [1.807, 2.05) is 0 Å². The van der Waals surface area contributed by atoms with Gasteiger partial charge in [-0.1, -0.05) is 104 Å². The van der Waals surface area contributed by atoms with Crippen LogP contribution in [0.5, 0.6) is 0 Å². The zero-order valence-corrected chi connectivity index (χ0v) is 12.0. The second kappa shape index (κ2) is 6.79. The molecule has 2 radical (unpaired) electrons. The molecule has 102 valence electrons. The molecule has 2 aromatic rings. The van der Waals surface area contributed by atoms with Gasteiger partial charge in [0.05, 0.1) is 0 Å². The fourth-order valence-corrected chi connectivity index (χ4v) is 3.33. The predicted octanol–water partition coefficient (Wildman–Crippen LogP) is 5.23. The predicted molar refractivity (Wildman–Crippen MR) is 87.3 cm³/mol. The van der Waals surface area contributed by atoms with Crippen molar-refractivity contribution in [1.82, 2.24) is 0 Å². The van der Waals surface area contributed by atoms with Crippen molar-refractivity contribution < 1.29 is 0 Å². The smallest absolute Gasteiger partial charge is 0.0535 e. The molecule has 0 spiro atoms. The Hall–Kier alpha value is -1.50. The van der Waals surface area contributed by atoms with Crippen molar-refractivity contribution >= 4 is 7.28 Å². The Bertz CT molecular complexity index is 460. The lowest BCUT2D eigenvalue weighted by molar-refractivity contribution is 0.498. The molecule has 1 aliphatic rings. The largest absolute Gasteiger partial charge is 0.316 e. The van der Waals surface area contributed by atoms with Gasteiger partial charge >= 0.3 is 0 Å². The van der Waals surface area contributed by atoms with Crippen molar-refractivity contribution in [2.24, 2.45) is 0 Å². The van der Waals surface area contributed by atoms with E-state index < -0.39 is 0 Å². The molecule has 1 heteroatoms. The summed E-state index contributed by atoms with van der Waals surface area (Å²) in [5.41, 5.74) is 2.84. The Morgan fingerprint density at radius 2 is 1.20 bits per heavy atom. The molecule has 0 N–H and O–H groups in total. The Balaban J connectivity index is 1.83. The molecule has 0 aromatic heterocycles. The zero-order valence-electron chi connectivity index (χ0n) is 12.0. The minimum absolute atomic E-state index is 0.445. The number of hydrogen-bond acceptors (Lipinski definition) is 0. The molecule has 0 bridgehead atoms. The van der Waals surface area contributed by atoms with Crippen LogP contribution < -0.4 is 0 Å². The van der Waals surface area contributed by atoms with Crippen molar-refractivity contribution in [2.75, 3.05) is 0 Å². The number of rotatable bonds is 4. The molecule has 0 atom stereocenters. The van der Waals surface area contributed by atoms with Crippen LogP contribution >= 0.6 is 0 Å². The summed E-state index contributed by atoms with van der Waals surface area (Å²) in [6, 6.07) is 21.9. The fraction of sp³-hybridized carbons (Fsp3) is 0.368. The van der Waals surface area contributed by atoms with Crippen LogP contribution in [0, 0.1) is 0 Å². The van der Waals surface area contributed by atoms with Gasteiger partial charge in [-0.15, -0.1) is 0 Å². The van der Waals surface area contributed by atoms with Gasteiger partial charge in [-0.2, -0.15) is 5.82 Å². The van der Waals surface area contributed by atoms with E-state index in [0.29, 0.717) is 5.82 Å². The molecule has 0 amide bonds. The highest BCUT2D eigenvalue weighted by molar-refractivity contribution is 6.41. The third-order valence-electron chi connectivity index (χ3n) is 4.43. The molecule has 1 aliphatic carbocycles. The Kier molecular flexibility index (Phi) is 4.58. The molecule has 1 saturated carbocycles. The molecule has 0 heterocycles. The van der Waals surface area contributed by atoms with Gasteiger partial charge in [0.1, 0.15) is 0 Å². The molecule has 0 nitrogen and oxygen atoms in total. The van der Waals surface area contributed by atoms with Crippen LogP contribution in [0.1, 0.15) is 49.0 Å². The molecule has 0 aliphatic heterocycles. The van der Waals surface area contributed by atoms with E-state index in [-0.39, 0.29) is 0 Å². The Labute approximate surface area is 123 Å². The minimum Gasteiger partial charge on any atom is -0.316 e. The molecule has 3 rings (SSSR count). The average Bonchev–Trinajstić information content (AvgIpc) is 2.55. The molecule has 20 heavy (non-hydrogen) atoms. The first-order chi connectivity index (χ1) is 9.93. The molecule has 2 aromatic carbocycles. The van der Waals surface area contributed by atoms with E-state index in [1.165, 1.54) is 43.2 Å². The lowest BCUT2D eigenvalue weighted by atomic mass is 9.48. The van der Waals surface area contributed by atoms with Gasteiger partial charge in [0, 0.05) is 0 Å². The lowest BCUT2D eigenvalue weighted by Crippen LogP contribution is -2.17. The monoisotopic (exact) mass is 261 g/mol. The van der Waals surface area contributed by atoms with Crippen LogP contribution in [0.25, 0.3) is 0 Å². The SMILES string of the molecule is [B-](C1CCCCC1)C(c1ccccc1)c1ccccc1. The number of hydrogen-bond donors (Lipinski definition) is 0. The van der Waals surface area contributed by atoms with E-state index in [2.05, 4.69) is 67.9 Å². The molecule has 1 fully saturated rings. The summed E-state index contributed by atoms with van der Waals surface area (Å²) in [6.45, 7) is 0. The second-order valence-corrected chi connectivity index (χ2v) is 5.89. The summed E-state index contributed by atoms with van der Waals surface area (Å²) in [6.07, 6.45) is 6.97. The van der Waals surface area contributed by atoms with Gasteiger partial charge < -0.3 is 7.28 Å². The first-order valence-corrected chi connectivity index (χ1v) is 7.88. The quantitative estimate of drug-likeness (QED) is 0.661. The molecule has 0 unspecified atom stereocenters. The summed E-state index contributed by atoms with van der Waals surface area (Å²) in [7, 11) is 2.60. The van der Waals surface area contributed by atoms with E-state index in [4.69, 9.17) is 0 Å². The van der Waals surface area contributed by atoms with Gasteiger partial charge in [-0.25, -0.2) is 5.82 Å². The normalized spacial score (nSPS) is 16.4. The van der Waals surface area contributed by atoms with E-state index in [0.717, 1.165) is 5.82 Å². The van der Waals surface area contributed by atoms with E-state index in [9.17, 15) is 0 Å². The van der Waals surface area contributed by atoms with Crippen LogP contribution in [0.2, 0.25) is 5.82 Å². The first-order valence-electron chi connectivity index (χ1n) is 7.88. The third kappa shape index (κ3) is 3.33. The summed E-state index contributed by atoms with van der Waals surface area (Å²) < 4.78 is 0. The molecule has 0 saturated heterocycles. The summed E-state index contributed by atoms with van der Waals surface area (Å²) >= 11 is 0. The maximum absolute atomic E-state index is 2.60. The maximum atomic E-state index is 2.60. The Morgan fingerprint density at radius 3 is 1.70 bits per heavy atom. The van der Waals surface area contributed by atoms with Crippen LogP contribution in [0.4, 0.5) is 0 Å². The van der Waals surface area contributed by atoms with Crippen LogP contribution in [-0.4, -0.2) is 7.28 Å². The van der Waals surface area contributed by atoms with E-state index >= 15 is 0 Å². The lowest BCUT2D eigenvalue weighted by Gasteiger charge is -2.39. The fourth-order valence-electron chi connectivity index (χ4n) is 3.33. The highest BCUT2D eigenvalue weighted by Crippen LogP contribution is 2.34. The van der Waals surface area contributed by atoms with Crippen molar-refractivity contribution in [2.45, 2.75) is 43.7 Å². The maximum Gasteiger partial charge on any atom is -0.0535 e. The van der Waals surface area contributed by atoms with Gasteiger partial charge in [0.25, 0.3) is 0 Å². The summed E-state index contributed by atoms with van der Waals surface area (Å²) in [5, 5.41) is 0. The molecular weight excluding hydrogens is 239 g/mol. The number of benzene rings is 2. The van der Waals surface area contributed by atoms with Gasteiger partial charge in [0.2, 0.25) is 0 Å². The summed E-state index contributed by atoms with van der Waals surface area (Å²) in [4.78, 5) is 0. The standard InChI is InChI=1S/C19H22B/c1-4-10-16(11-5-1)19(17-12-6-2-7-13-17)20-18-14-8-3-9-15-18/h1-2,4-7,10-13,18-19H,3,8-9,14-15H2/q-1. The second-order valence-electron chi connectivity index (χ2n) is 5.89. The zero-order chi connectivity index (χ0) is 13.6. The van der Waals surface area contributed by atoms with Crippen molar-refractivity contribution in [3.63, 3.8) is 0 Å².